The summed E-state index contributed by atoms with van der Waals surface area (Å²) in [6.45, 7) is 2.22. The van der Waals surface area contributed by atoms with Crippen LogP contribution in [-0.4, -0.2) is 22.6 Å². The Bertz CT molecular complexity index is 730. The number of benzene rings is 1. The van der Waals surface area contributed by atoms with Gasteiger partial charge in [-0.15, -0.1) is 0 Å². The van der Waals surface area contributed by atoms with Gasteiger partial charge < -0.3 is 5.11 Å². The second-order valence-corrected chi connectivity index (χ2v) is 7.66. The van der Waals surface area contributed by atoms with Crippen LogP contribution in [0, 0.1) is 0 Å². The van der Waals surface area contributed by atoms with Gasteiger partial charge in [-0.25, -0.2) is 0 Å². The van der Waals surface area contributed by atoms with Crippen molar-refractivity contribution < 1.29 is 19.5 Å². The molecule has 4 nitrogen and oxygen atoms in total. The topological polar surface area (TPSA) is 71.4 Å². The number of carboxylic acid groups (broad SMARTS) is 1. The van der Waals surface area contributed by atoms with Crippen molar-refractivity contribution in [1.29, 1.82) is 0 Å². The van der Waals surface area contributed by atoms with Gasteiger partial charge in [0.1, 0.15) is 0 Å². The van der Waals surface area contributed by atoms with Gasteiger partial charge in [-0.3, -0.25) is 14.4 Å². The molecule has 0 amide bonds. The van der Waals surface area contributed by atoms with E-state index in [4.69, 9.17) is 0 Å². The minimum Gasteiger partial charge on any atom is -0.481 e. The van der Waals surface area contributed by atoms with Crippen molar-refractivity contribution in [1.82, 2.24) is 0 Å². The van der Waals surface area contributed by atoms with Gasteiger partial charge in [0.05, 0.1) is 6.42 Å². The molecule has 28 heavy (non-hydrogen) atoms. The first kappa shape index (κ1) is 22.1. The molecule has 0 fully saturated rings. The Labute approximate surface area is 168 Å². The van der Waals surface area contributed by atoms with Gasteiger partial charge in [-0.05, 0) is 12.8 Å². The molecule has 0 unspecified atom stereocenters. The van der Waals surface area contributed by atoms with Gasteiger partial charge in [-0.1, -0.05) is 89.0 Å². The van der Waals surface area contributed by atoms with Crippen molar-refractivity contribution in [3.8, 4) is 0 Å². The fourth-order valence-corrected chi connectivity index (χ4v) is 3.87. The Morgan fingerprint density at radius 2 is 1.21 bits per heavy atom. The third kappa shape index (κ3) is 6.15. The molecule has 0 aromatic heterocycles. The highest BCUT2D eigenvalue weighted by Gasteiger charge is 2.32. The second kappa shape index (κ2) is 11.6. The van der Waals surface area contributed by atoms with Crippen LogP contribution in [0.3, 0.4) is 0 Å². The van der Waals surface area contributed by atoms with Crippen LogP contribution in [0.2, 0.25) is 0 Å². The van der Waals surface area contributed by atoms with E-state index in [1.54, 1.807) is 24.3 Å². The van der Waals surface area contributed by atoms with Crippen LogP contribution < -0.4 is 0 Å². The van der Waals surface area contributed by atoms with E-state index in [-0.39, 0.29) is 23.6 Å². The molecule has 2 rings (SSSR count). The number of allylic oxidation sites excluding steroid dienone is 1. The zero-order valence-corrected chi connectivity index (χ0v) is 17.0. The van der Waals surface area contributed by atoms with Crippen LogP contribution in [0.25, 0.3) is 0 Å². The smallest absolute Gasteiger partial charge is 0.307 e. The molecule has 0 bridgehead atoms. The summed E-state index contributed by atoms with van der Waals surface area (Å²) in [6, 6.07) is 6.71. The highest BCUT2D eigenvalue weighted by molar-refractivity contribution is 6.27. The predicted molar refractivity (Wildman–Crippen MR) is 111 cm³/mol. The van der Waals surface area contributed by atoms with Crippen LogP contribution in [0.5, 0.6) is 0 Å². The molecule has 1 N–H and O–H groups in total. The average molecular weight is 385 g/mol. The van der Waals surface area contributed by atoms with Gasteiger partial charge in [0.25, 0.3) is 0 Å². The van der Waals surface area contributed by atoms with Crippen LogP contribution in [0.4, 0.5) is 0 Å². The fraction of sp³-hybridized carbons (Fsp3) is 0.542. The molecule has 152 valence electrons. The molecule has 1 aliphatic carbocycles. The van der Waals surface area contributed by atoms with Gasteiger partial charge in [0.2, 0.25) is 0 Å². The summed E-state index contributed by atoms with van der Waals surface area (Å²) in [6.07, 6.45) is 12.0. The van der Waals surface area contributed by atoms with Crippen molar-refractivity contribution in [2.45, 2.75) is 84.0 Å². The summed E-state index contributed by atoms with van der Waals surface area (Å²) in [7, 11) is 0. The van der Waals surface area contributed by atoms with Crippen molar-refractivity contribution in [3.63, 3.8) is 0 Å². The van der Waals surface area contributed by atoms with E-state index in [1.165, 1.54) is 44.9 Å². The number of hydrogen-bond acceptors (Lipinski definition) is 3. The molecule has 0 saturated heterocycles. The first-order chi connectivity index (χ1) is 13.6. The number of carboxylic acids is 1. The van der Waals surface area contributed by atoms with Gasteiger partial charge in [0, 0.05) is 22.3 Å². The van der Waals surface area contributed by atoms with Gasteiger partial charge >= 0.3 is 5.97 Å². The van der Waals surface area contributed by atoms with Gasteiger partial charge in [-0.2, -0.15) is 0 Å². The first-order valence-corrected chi connectivity index (χ1v) is 10.7. The molecule has 0 aliphatic heterocycles. The third-order valence-corrected chi connectivity index (χ3v) is 5.44. The zero-order chi connectivity index (χ0) is 20.4. The van der Waals surface area contributed by atoms with E-state index < -0.39 is 5.97 Å². The number of Topliss-reactive ketones (excluding diaryl/α,β-unsaturated/α-hetero) is 2. The first-order valence-electron chi connectivity index (χ1n) is 10.7. The Hall–Kier alpha value is -2.23. The normalized spacial score (nSPS) is 13.8. The summed E-state index contributed by atoms with van der Waals surface area (Å²) < 4.78 is 0. The zero-order valence-electron chi connectivity index (χ0n) is 17.0. The van der Waals surface area contributed by atoms with Crippen molar-refractivity contribution in [2.24, 2.45) is 0 Å². The summed E-state index contributed by atoms with van der Waals surface area (Å²) in [5, 5.41) is 9.18. The van der Waals surface area contributed by atoms with Crippen molar-refractivity contribution in [2.75, 3.05) is 0 Å². The lowest BCUT2D eigenvalue weighted by atomic mass is 9.81. The monoisotopic (exact) mass is 384 g/mol. The number of rotatable bonds is 13. The quantitative estimate of drug-likeness (QED) is 0.414. The number of unbranched alkanes of at least 4 members (excludes halogenated alkanes) is 9. The number of carbonyl (C=O) groups is 3. The highest BCUT2D eigenvalue weighted by Crippen LogP contribution is 2.31. The maximum absolute atomic E-state index is 12.8. The molecule has 0 saturated carbocycles. The number of fused-ring (bicyclic) bond motifs is 1. The Morgan fingerprint density at radius 1 is 0.750 bits per heavy atom. The third-order valence-electron chi connectivity index (χ3n) is 5.44. The fourth-order valence-electron chi connectivity index (χ4n) is 3.87. The van der Waals surface area contributed by atoms with E-state index in [0.29, 0.717) is 23.1 Å². The van der Waals surface area contributed by atoms with Crippen molar-refractivity contribution >= 4 is 17.5 Å². The lowest BCUT2D eigenvalue weighted by Gasteiger charge is -2.20. The minimum absolute atomic E-state index is 0.173. The maximum Gasteiger partial charge on any atom is 0.307 e. The summed E-state index contributed by atoms with van der Waals surface area (Å²) >= 11 is 0. The summed E-state index contributed by atoms with van der Waals surface area (Å²) in [4.78, 5) is 36.8. The molecule has 1 aromatic carbocycles. The van der Waals surface area contributed by atoms with Crippen LogP contribution in [-0.2, 0) is 4.79 Å². The summed E-state index contributed by atoms with van der Waals surface area (Å²) in [5.74, 6) is -1.56. The molecular formula is C24H32O4. The summed E-state index contributed by atoms with van der Waals surface area (Å²) in [5.41, 5.74) is 1.32. The molecule has 0 spiro atoms. The Balaban J connectivity index is 1.88. The van der Waals surface area contributed by atoms with E-state index in [0.717, 1.165) is 19.3 Å². The molecule has 0 radical (unpaired) electrons. The average Bonchev–Trinajstić information content (AvgIpc) is 2.69. The van der Waals surface area contributed by atoms with Gasteiger partial charge in [0.15, 0.2) is 11.6 Å². The van der Waals surface area contributed by atoms with Crippen LogP contribution in [0.15, 0.2) is 35.4 Å². The predicted octanol–water partition coefficient (Wildman–Crippen LogP) is 6.15. The van der Waals surface area contributed by atoms with Crippen molar-refractivity contribution in [3.05, 3.63) is 46.5 Å². The molecule has 1 aliphatic rings. The van der Waals surface area contributed by atoms with Crippen LogP contribution in [0.1, 0.15) is 105 Å². The highest BCUT2D eigenvalue weighted by atomic mass is 16.4. The lowest BCUT2D eigenvalue weighted by Crippen LogP contribution is -2.23. The standard InChI is InChI=1S/C24H32O4/c1-2-3-4-5-6-7-8-9-10-11-14-20-21(17-22(25)26)24(28)19-16-13-12-15-18(19)23(20)27/h12-13,15-16H,2-11,14,17H2,1H3,(H,25,26). The van der Waals surface area contributed by atoms with E-state index in [2.05, 4.69) is 6.92 Å². The molecule has 4 heteroatoms. The lowest BCUT2D eigenvalue weighted by molar-refractivity contribution is -0.136. The number of hydrogen-bond donors (Lipinski definition) is 1. The van der Waals surface area contributed by atoms with E-state index in [1.807, 2.05) is 0 Å². The largest absolute Gasteiger partial charge is 0.481 e. The molecule has 0 heterocycles. The number of aliphatic carboxylic acids is 1. The Morgan fingerprint density at radius 3 is 1.71 bits per heavy atom. The SMILES string of the molecule is CCCCCCCCCCCCC1=C(CC(=O)O)C(=O)c2ccccc2C1=O. The van der Waals surface area contributed by atoms with Crippen LogP contribution >= 0.6 is 0 Å². The van der Waals surface area contributed by atoms with E-state index >= 15 is 0 Å². The molecule has 0 atom stereocenters. The maximum atomic E-state index is 12.8. The minimum atomic E-state index is -1.07. The Kier molecular flexibility index (Phi) is 9.12. The number of ketones is 2. The number of carbonyl (C=O) groups excluding carboxylic acids is 2. The molecular weight excluding hydrogens is 352 g/mol. The van der Waals surface area contributed by atoms with E-state index in [9.17, 15) is 19.5 Å². The second-order valence-electron chi connectivity index (χ2n) is 7.66. The molecule has 1 aromatic rings.